The lowest BCUT2D eigenvalue weighted by Crippen LogP contribution is -2.17. The maximum absolute atomic E-state index is 11.0. The summed E-state index contributed by atoms with van der Waals surface area (Å²) < 4.78 is 0. The molecule has 2 rings (SSSR count). The first-order valence-corrected chi connectivity index (χ1v) is 5.89. The molecule has 1 aliphatic rings. The molecule has 1 fully saturated rings. The van der Waals surface area contributed by atoms with Crippen LogP contribution in [0, 0.1) is 5.92 Å². The van der Waals surface area contributed by atoms with Crippen LogP contribution in [0.25, 0.3) is 0 Å². The molecule has 0 amide bonds. The van der Waals surface area contributed by atoms with Crippen molar-refractivity contribution in [1.82, 2.24) is 0 Å². The summed E-state index contributed by atoms with van der Waals surface area (Å²) in [4.78, 5) is 11.0. The van der Waals surface area contributed by atoms with Crippen molar-refractivity contribution in [1.29, 1.82) is 0 Å². The van der Waals surface area contributed by atoms with Gasteiger partial charge < -0.3 is 0 Å². The van der Waals surface area contributed by atoms with Gasteiger partial charge in [0.05, 0.1) is 0 Å². The number of carbonyl (C=O) groups excluding carboxylic acids is 1. The van der Waals surface area contributed by atoms with Crippen molar-refractivity contribution < 1.29 is 4.79 Å². The molecule has 0 radical (unpaired) electrons. The highest BCUT2D eigenvalue weighted by molar-refractivity contribution is 6.63. The summed E-state index contributed by atoms with van der Waals surface area (Å²) in [5.74, 6) is 0.727. The summed E-state index contributed by atoms with van der Waals surface area (Å²) in [6.45, 7) is 0. The quantitative estimate of drug-likeness (QED) is 0.697. The molecule has 0 atom stereocenters. The van der Waals surface area contributed by atoms with E-state index in [2.05, 4.69) is 24.3 Å². The number of carbonyl (C=O) groups is 1. The zero-order chi connectivity index (χ0) is 10.7. The summed E-state index contributed by atoms with van der Waals surface area (Å²) >= 11 is 5.51. The van der Waals surface area contributed by atoms with Crippen LogP contribution in [0.4, 0.5) is 0 Å². The Bertz CT molecular complexity index is 326. The Balaban J connectivity index is 1.97. The van der Waals surface area contributed by atoms with E-state index in [1.165, 1.54) is 5.56 Å². The topological polar surface area (TPSA) is 17.1 Å². The van der Waals surface area contributed by atoms with Gasteiger partial charge in [-0.15, -0.1) is 0 Å². The van der Waals surface area contributed by atoms with E-state index < -0.39 is 0 Å². The van der Waals surface area contributed by atoms with Crippen LogP contribution < -0.4 is 0 Å². The lowest BCUT2D eigenvalue weighted by Gasteiger charge is -2.26. The van der Waals surface area contributed by atoms with Gasteiger partial charge in [-0.1, -0.05) is 30.3 Å². The number of hydrogen-bond donors (Lipinski definition) is 0. The van der Waals surface area contributed by atoms with E-state index in [-0.39, 0.29) is 11.2 Å². The second-order valence-electron chi connectivity index (χ2n) is 4.26. The molecule has 1 aromatic rings. The van der Waals surface area contributed by atoms with Gasteiger partial charge in [-0.2, -0.15) is 0 Å². The normalized spacial score (nSPS) is 26.2. The Morgan fingerprint density at radius 2 is 1.67 bits per heavy atom. The zero-order valence-corrected chi connectivity index (χ0v) is 9.41. The van der Waals surface area contributed by atoms with E-state index in [0.717, 1.165) is 25.7 Å². The summed E-state index contributed by atoms with van der Waals surface area (Å²) in [6, 6.07) is 10.5. The zero-order valence-electron chi connectivity index (χ0n) is 8.66. The Morgan fingerprint density at radius 1 is 1.07 bits per heavy atom. The Morgan fingerprint density at radius 3 is 2.20 bits per heavy atom. The smallest absolute Gasteiger partial charge is 0.224 e. The molecule has 15 heavy (non-hydrogen) atoms. The van der Waals surface area contributed by atoms with Crippen molar-refractivity contribution in [3.05, 3.63) is 35.9 Å². The van der Waals surface area contributed by atoms with E-state index in [1.807, 2.05) is 6.07 Å². The average molecular weight is 223 g/mol. The molecule has 80 valence electrons. The predicted octanol–water partition coefficient (Wildman–Crippen LogP) is 3.73. The summed E-state index contributed by atoms with van der Waals surface area (Å²) in [6.07, 6.45) is 4.07. The molecule has 0 bridgehead atoms. The van der Waals surface area contributed by atoms with E-state index in [0.29, 0.717) is 5.92 Å². The van der Waals surface area contributed by atoms with Gasteiger partial charge in [-0.05, 0) is 48.8 Å². The molecule has 1 saturated carbocycles. The third kappa shape index (κ3) is 2.60. The highest BCUT2D eigenvalue weighted by Crippen LogP contribution is 2.36. The van der Waals surface area contributed by atoms with Gasteiger partial charge in [0.1, 0.15) is 0 Å². The van der Waals surface area contributed by atoms with Gasteiger partial charge >= 0.3 is 0 Å². The van der Waals surface area contributed by atoms with Crippen LogP contribution in [-0.2, 0) is 4.79 Å². The fourth-order valence-corrected chi connectivity index (χ4v) is 2.60. The van der Waals surface area contributed by atoms with Crippen LogP contribution in [0.3, 0.4) is 0 Å². The fraction of sp³-hybridized carbons (Fsp3) is 0.462. The van der Waals surface area contributed by atoms with Crippen molar-refractivity contribution in [2.75, 3.05) is 0 Å². The first-order valence-electron chi connectivity index (χ1n) is 5.51. The molecule has 0 saturated heterocycles. The van der Waals surface area contributed by atoms with Crippen molar-refractivity contribution >= 4 is 16.8 Å². The fourth-order valence-electron chi connectivity index (χ4n) is 2.38. The summed E-state index contributed by atoms with van der Waals surface area (Å²) in [5, 5.41) is -0.151. The minimum atomic E-state index is -0.151. The Labute approximate surface area is 95.4 Å². The molecule has 0 heterocycles. The second kappa shape index (κ2) is 4.80. The molecule has 1 aromatic carbocycles. The summed E-state index contributed by atoms with van der Waals surface area (Å²) in [7, 11) is 0. The maximum atomic E-state index is 11.0. The van der Waals surface area contributed by atoms with E-state index in [1.54, 1.807) is 0 Å². The molecule has 0 N–H and O–H groups in total. The van der Waals surface area contributed by atoms with E-state index >= 15 is 0 Å². The number of benzene rings is 1. The average Bonchev–Trinajstić information content (AvgIpc) is 2.30. The van der Waals surface area contributed by atoms with Crippen molar-refractivity contribution in [2.45, 2.75) is 31.6 Å². The van der Waals surface area contributed by atoms with Crippen LogP contribution in [0.5, 0.6) is 0 Å². The minimum Gasteiger partial charge on any atom is -0.281 e. The maximum Gasteiger partial charge on any atom is 0.224 e. The van der Waals surface area contributed by atoms with Gasteiger partial charge in [-0.25, -0.2) is 0 Å². The van der Waals surface area contributed by atoms with Crippen LogP contribution in [0.1, 0.15) is 37.2 Å². The molecule has 0 aliphatic heterocycles. The largest absolute Gasteiger partial charge is 0.281 e. The first kappa shape index (κ1) is 10.7. The van der Waals surface area contributed by atoms with Gasteiger partial charge in [0, 0.05) is 5.92 Å². The minimum absolute atomic E-state index is 0.103. The lowest BCUT2D eigenvalue weighted by molar-refractivity contribution is -0.116. The number of hydrogen-bond acceptors (Lipinski definition) is 1. The third-order valence-electron chi connectivity index (χ3n) is 3.32. The molecule has 1 nitrogen and oxygen atoms in total. The number of halogens is 1. The van der Waals surface area contributed by atoms with Gasteiger partial charge in [0.15, 0.2) is 0 Å². The summed E-state index contributed by atoms with van der Waals surface area (Å²) in [5.41, 5.74) is 1.40. The van der Waals surface area contributed by atoms with E-state index in [9.17, 15) is 4.79 Å². The van der Waals surface area contributed by atoms with Gasteiger partial charge in [0.2, 0.25) is 5.24 Å². The molecule has 0 unspecified atom stereocenters. The molecular weight excluding hydrogens is 208 g/mol. The van der Waals surface area contributed by atoms with Crippen LogP contribution in [0.2, 0.25) is 0 Å². The van der Waals surface area contributed by atoms with Gasteiger partial charge in [0.25, 0.3) is 0 Å². The van der Waals surface area contributed by atoms with Crippen LogP contribution in [0.15, 0.2) is 30.3 Å². The van der Waals surface area contributed by atoms with Crippen LogP contribution >= 0.6 is 11.6 Å². The van der Waals surface area contributed by atoms with Crippen LogP contribution in [-0.4, -0.2) is 5.24 Å². The van der Waals surface area contributed by atoms with Crippen molar-refractivity contribution in [3.63, 3.8) is 0 Å². The number of rotatable bonds is 2. The lowest BCUT2D eigenvalue weighted by atomic mass is 9.79. The molecule has 0 spiro atoms. The highest BCUT2D eigenvalue weighted by atomic mass is 35.5. The van der Waals surface area contributed by atoms with Gasteiger partial charge in [-0.3, -0.25) is 4.79 Å². The molecule has 0 aromatic heterocycles. The Hall–Kier alpha value is -0.820. The highest BCUT2D eigenvalue weighted by Gasteiger charge is 2.25. The van der Waals surface area contributed by atoms with E-state index in [4.69, 9.17) is 11.6 Å². The monoisotopic (exact) mass is 222 g/mol. The third-order valence-corrected chi connectivity index (χ3v) is 3.63. The molecular formula is C13H15ClO. The van der Waals surface area contributed by atoms with Crippen molar-refractivity contribution in [2.24, 2.45) is 5.92 Å². The molecule has 1 aliphatic carbocycles. The SMILES string of the molecule is O=C(Cl)[C@H]1CC[C@H](c2ccccc2)CC1. The second-order valence-corrected chi connectivity index (χ2v) is 4.64. The standard InChI is InChI=1S/C13H15ClO/c14-13(15)12-8-6-11(7-9-12)10-4-2-1-3-5-10/h1-5,11-12H,6-9H2/t11-,12-. The Kier molecular flexibility index (Phi) is 3.42. The molecule has 2 heteroatoms. The predicted molar refractivity (Wildman–Crippen MR) is 62.0 cm³/mol. The first-order chi connectivity index (χ1) is 7.27. The van der Waals surface area contributed by atoms with Crippen molar-refractivity contribution in [3.8, 4) is 0 Å².